The zero-order valence-corrected chi connectivity index (χ0v) is 33.0. The first-order valence-electron chi connectivity index (χ1n) is 20.6. The fourth-order valence-electron chi connectivity index (χ4n) is 8.87. The Balaban J connectivity index is 1.15. The first kappa shape index (κ1) is 35.2. The van der Waals surface area contributed by atoms with E-state index < -0.39 is 0 Å². The summed E-state index contributed by atoms with van der Waals surface area (Å²) in [6.45, 7) is 0. The summed E-state index contributed by atoms with van der Waals surface area (Å²) in [6.07, 6.45) is 0. The Morgan fingerprint density at radius 3 is 1.30 bits per heavy atom. The van der Waals surface area contributed by atoms with E-state index in [0.29, 0.717) is 0 Å². The highest BCUT2D eigenvalue weighted by Crippen LogP contribution is 2.44. The molecule has 0 fully saturated rings. The molecule has 11 rings (SSSR count). The largest absolute Gasteiger partial charge is 0.308 e. The molecule has 0 radical (unpaired) electrons. The molecule has 282 valence electrons. The number of nitrogens with zero attached hydrogens (tertiary/aromatic N) is 2. The Hall–Kier alpha value is -7.94. The molecule has 2 nitrogen and oxygen atoms in total. The molecule has 0 unspecified atom stereocenters. The summed E-state index contributed by atoms with van der Waals surface area (Å²) >= 11 is 0. The van der Waals surface area contributed by atoms with E-state index in [9.17, 15) is 0 Å². The van der Waals surface area contributed by atoms with Crippen molar-refractivity contribution in [2.75, 3.05) is 4.90 Å². The van der Waals surface area contributed by atoms with Crippen LogP contribution in [0.15, 0.2) is 243 Å². The maximum Gasteiger partial charge on any atom is 0.0709 e. The second-order valence-electron chi connectivity index (χ2n) is 15.3. The predicted molar refractivity (Wildman–Crippen MR) is 255 cm³/mol. The number of para-hydroxylation sites is 2. The molecule has 0 amide bonds. The molecule has 0 aliphatic heterocycles. The van der Waals surface area contributed by atoms with Gasteiger partial charge in [-0.2, -0.15) is 0 Å². The summed E-state index contributed by atoms with van der Waals surface area (Å²) in [5.41, 5.74) is 16.2. The van der Waals surface area contributed by atoms with Gasteiger partial charge in [0, 0.05) is 22.1 Å². The molecule has 1 aromatic heterocycles. The normalized spacial score (nSPS) is 11.3. The van der Waals surface area contributed by atoms with Crippen LogP contribution in [-0.4, -0.2) is 4.57 Å². The number of hydrogen-bond donors (Lipinski definition) is 0. The van der Waals surface area contributed by atoms with E-state index in [1.807, 2.05) is 0 Å². The minimum absolute atomic E-state index is 1.08. The van der Waals surface area contributed by atoms with Gasteiger partial charge in [0.1, 0.15) is 0 Å². The third kappa shape index (κ3) is 6.32. The first-order chi connectivity index (χ1) is 29.8. The highest BCUT2D eigenvalue weighted by Gasteiger charge is 2.22. The second kappa shape index (κ2) is 15.1. The molecule has 0 spiro atoms. The average molecular weight is 765 g/mol. The van der Waals surface area contributed by atoms with Crippen molar-refractivity contribution < 1.29 is 0 Å². The minimum atomic E-state index is 1.08. The summed E-state index contributed by atoms with van der Waals surface area (Å²) in [6, 6.07) is 88.0. The van der Waals surface area contributed by atoms with Crippen molar-refractivity contribution in [3.63, 3.8) is 0 Å². The van der Waals surface area contributed by atoms with Crippen LogP contribution in [-0.2, 0) is 0 Å². The third-order valence-electron chi connectivity index (χ3n) is 11.8. The molecule has 0 aliphatic carbocycles. The lowest BCUT2D eigenvalue weighted by Gasteiger charge is -2.29. The Bertz CT molecular complexity index is 3140. The van der Waals surface area contributed by atoms with Gasteiger partial charge in [-0.3, -0.25) is 0 Å². The van der Waals surface area contributed by atoms with Gasteiger partial charge >= 0.3 is 0 Å². The summed E-state index contributed by atoms with van der Waals surface area (Å²) < 4.78 is 2.46. The number of hydrogen-bond acceptors (Lipinski definition) is 1. The Kier molecular flexibility index (Phi) is 8.87. The van der Waals surface area contributed by atoms with Crippen LogP contribution in [0.5, 0.6) is 0 Å². The molecule has 10 aromatic carbocycles. The number of aromatic nitrogens is 1. The summed E-state index contributed by atoms with van der Waals surface area (Å²) in [7, 11) is 0. The van der Waals surface area contributed by atoms with Gasteiger partial charge in [0.2, 0.25) is 0 Å². The minimum Gasteiger partial charge on any atom is -0.308 e. The van der Waals surface area contributed by atoms with Crippen LogP contribution in [0, 0.1) is 0 Å². The number of benzene rings is 10. The number of fused-ring (bicyclic) bond motifs is 4. The highest BCUT2D eigenvalue weighted by molar-refractivity contribution is 6.10. The lowest BCUT2D eigenvalue weighted by molar-refractivity contribution is 1.15. The molecule has 0 bridgehead atoms. The van der Waals surface area contributed by atoms with Gasteiger partial charge in [0.25, 0.3) is 0 Å². The monoisotopic (exact) mass is 764 g/mol. The van der Waals surface area contributed by atoms with Crippen LogP contribution in [0.1, 0.15) is 0 Å². The van der Waals surface area contributed by atoms with Crippen molar-refractivity contribution in [3.8, 4) is 50.2 Å². The quantitative estimate of drug-likeness (QED) is 0.150. The molecule has 2 heteroatoms. The van der Waals surface area contributed by atoms with Gasteiger partial charge in [0.15, 0.2) is 0 Å². The van der Waals surface area contributed by atoms with Gasteiger partial charge in [-0.05, 0) is 110 Å². The molecule has 11 aromatic rings. The SMILES string of the molecule is c1ccc(-c2ccc(N(c3ccc(-c4ccccc4)cc3)c3ccc(-c4ccc5cccc(-c6ccccc6)c5c4)cc3-n3c4ccccc4c4ccccc43)cc2)cc1. The predicted octanol–water partition coefficient (Wildman–Crippen LogP) is 16.1. The maximum atomic E-state index is 2.46. The van der Waals surface area contributed by atoms with Crippen molar-refractivity contribution in [2.24, 2.45) is 0 Å². The van der Waals surface area contributed by atoms with Crippen LogP contribution >= 0.6 is 0 Å². The maximum absolute atomic E-state index is 2.46. The zero-order valence-electron chi connectivity index (χ0n) is 33.0. The zero-order chi connectivity index (χ0) is 39.8. The topological polar surface area (TPSA) is 8.17 Å². The number of anilines is 3. The molecule has 0 saturated heterocycles. The number of rotatable bonds is 8. The first-order valence-corrected chi connectivity index (χ1v) is 20.6. The van der Waals surface area contributed by atoms with Gasteiger partial charge in [-0.1, -0.05) is 188 Å². The van der Waals surface area contributed by atoms with Crippen LogP contribution in [0.25, 0.3) is 82.8 Å². The van der Waals surface area contributed by atoms with Crippen molar-refractivity contribution in [1.82, 2.24) is 4.57 Å². The van der Waals surface area contributed by atoms with E-state index in [1.165, 1.54) is 71.5 Å². The van der Waals surface area contributed by atoms with Crippen LogP contribution < -0.4 is 4.90 Å². The van der Waals surface area contributed by atoms with Crippen molar-refractivity contribution in [2.45, 2.75) is 0 Å². The van der Waals surface area contributed by atoms with E-state index in [1.54, 1.807) is 0 Å². The average Bonchev–Trinajstić information content (AvgIpc) is 3.67. The molecule has 0 saturated carbocycles. The Morgan fingerprint density at radius 1 is 0.283 bits per heavy atom. The van der Waals surface area contributed by atoms with E-state index in [2.05, 4.69) is 252 Å². The molecular weight excluding hydrogens is 725 g/mol. The Labute approximate surface area is 350 Å². The smallest absolute Gasteiger partial charge is 0.0709 e. The fraction of sp³-hybridized carbons (Fsp3) is 0. The Morgan fingerprint density at radius 2 is 0.733 bits per heavy atom. The summed E-state index contributed by atoms with van der Waals surface area (Å²) in [5, 5.41) is 4.92. The lowest BCUT2D eigenvalue weighted by Crippen LogP contribution is -2.13. The molecule has 0 aliphatic rings. The van der Waals surface area contributed by atoms with Crippen LogP contribution in [0.2, 0.25) is 0 Å². The third-order valence-corrected chi connectivity index (χ3v) is 11.8. The van der Waals surface area contributed by atoms with Gasteiger partial charge in [-0.25, -0.2) is 0 Å². The van der Waals surface area contributed by atoms with E-state index >= 15 is 0 Å². The highest BCUT2D eigenvalue weighted by atomic mass is 15.2. The molecular formula is C58H40N2. The van der Waals surface area contributed by atoms with E-state index in [-0.39, 0.29) is 0 Å². The van der Waals surface area contributed by atoms with E-state index in [4.69, 9.17) is 0 Å². The standard InChI is InChI=1S/C58H40N2/c1-4-15-41(16-5-1)43-29-34-49(35-30-43)59(50-36-31-44(32-37-50)42-17-6-2-7-18-42)57-38-33-48(40-58(57)60-55-25-12-10-22-52(55)53-23-11-13-26-56(53)60)47-28-27-46-21-14-24-51(54(46)39-47)45-19-8-3-9-20-45/h1-40H. The van der Waals surface area contributed by atoms with Crippen LogP contribution in [0.4, 0.5) is 17.1 Å². The summed E-state index contributed by atoms with van der Waals surface area (Å²) in [4.78, 5) is 2.42. The molecule has 0 atom stereocenters. The molecule has 0 N–H and O–H groups in total. The van der Waals surface area contributed by atoms with E-state index in [0.717, 1.165) is 28.3 Å². The van der Waals surface area contributed by atoms with Gasteiger partial charge < -0.3 is 9.47 Å². The van der Waals surface area contributed by atoms with Crippen molar-refractivity contribution in [3.05, 3.63) is 243 Å². The molecule has 60 heavy (non-hydrogen) atoms. The van der Waals surface area contributed by atoms with Crippen molar-refractivity contribution >= 4 is 49.6 Å². The molecule has 1 heterocycles. The lowest BCUT2D eigenvalue weighted by atomic mass is 9.94. The van der Waals surface area contributed by atoms with Gasteiger partial charge in [-0.15, -0.1) is 0 Å². The van der Waals surface area contributed by atoms with Crippen LogP contribution in [0.3, 0.4) is 0 Å². The van der Waals surface area contributed by atoms with Gasteiger partial charge in [0.05, 0.1) is 22.4 Å². The second-order valence-corrected chi connectivity index (χ2v) is 15.3. The fourth-order valence-corrected chi connectivity index (χ4v) is 8.87. The van der Waals surface area contributed by atoms with Crippen molar-refractivity contribution in [1.29, 1.82) is 0 Å². The summed E-state index contributed by atoms with van der Waals surface area (Å²) in [5.74, 6) is 0.